The Morgan fingerprint density at radius 2 is 0.946 bits per heavy atom. The Hall–Kier alpha value is -7.72. The molecule has 2 aromatic heterocycles. The minimum absolute atomic E-state index is 0. The van der Waals surface area contributed by atoms with Gasteiger partial charge in [-0.1, -0.05) is 138 Å². The number of benzodiazepines with no additional fused rings is 2. The molecule has 13 rings (SSSR count). The average molecular weight is 1430 g/mol. The van der Waals surface area contributed by atoms with Gasteiger partial charge in [0.15, 0.2) is 0 Å². The van der Waals surface area contributed by atoms with Gasteiger partial charge in [0.05, 0.1) is 77.7 Å². The third-order valence-corrected chi connectivity index (χ3v) is 17.7. The second-order valence-corrected chi connectivity index (χ2v) is 24.7. The molecule has 0 aliphatic carbocycles. The normalized spacial score (nSPS) is 16.3. The Bertz CT molecular complexity index is 4520. The van der Waals surface area contributed by atoms with Gasteiger partial charge in [-0.3, -0.25) is 19.6 Å². The number of carbonyl (C=O) groups excluding carboxylic acids is 2. The van der Waals surface area contributed by atoms with Crippen molar-refractivity contribution in [1.29, 1.82) is 0 Å². The van der Waals surface area contributed by atoms with Crippen LogP contribution in [-0.2, 0) is 65.3 Å². The molecule has 5 heterocycles. The zero-order valence-corrected chi connectivity index (χ0v) is 55.3. The Kier molecular flexibility index (Phi) is 21.7. The van der Waals surface area contributed by atoms with E-state index in [-0.39, 0.29) is 67.4 Å². The zero-order chi connectivity index (χ0) is 63.6. The summed E-state index contributed by atoms with van der Waals surface area (Å²) in [4.78, 5) is 75.2. The van der Waals surface area contributed by atoms with Crippen LogP contribution >= 0.6 is 58.0 Å². The first-order chi connectivity index (χ1) is 43.1. The second kappa shape index (κ2) is 29.1. The Morgan fingerprint density at radius 1 is 0.511 bits per heavy atom. The van der Waals surface area contributed by atoms with Crippen molar-refractivity contribution in [3.63, 3.8) is 0 Å². The summed E-state index contributed by atoms with van der Waals surface area (Å²) in [7, 11) is 2.82. The van der Waals surface area contributed by atoms with Crippen LogP contribution in [0.1, 0.15) is 74.1 Å². The number of aromatic nitrogens is 4. The Balaban J connectivity index is 0.000000171. The van der Waals surface area contributed by atoms with E-state index in [1.54, 1.807) is 54.4 Å². The topological polar surface area (TPSA) is 200 Å². The summed E-state index contributed by atoms with van der Waals surface area (Å²) >= 11 is 32.1. The molecule has 8 aromatic carbocycles. The van der Waals surface area contributed by atoms with Crippen LogP contribution in [0.4, 0.5) is 11.4 Å². The van der Waals surface area contributed by atoms with Crippen LogP contribution in [0.5, 0.6) is 11.5 Å². The smallest absolute Gasteiger partial charge is 0.494 e. The van der Waals surface area contributed by atoms with Crippen LogP contribution in [0, 0.1) is 0 Å². The van der Waals surface area contributed by atoms with Crippen molar-refractivity contribution >= 4 is 127 Å². The minimum Gasteiger partial charge on any atom is -0.497 e. The number of fused-ring (bicyclic) bond motifs is 4. The number of anilines is 2. The first-order valence-corrected chi connectivity index (χ1v) is 30.6. The van der Waals surface area contributed by atoms with Crippen molar-refractivity contribution in [1.82, 2.24) is 19.9 Å². The van der Waals surface area contributed by atoms with E-state index in [2.05, 4.69) is 24.9 Å². The molecule has 0 radical (unpaired) electrons. The molecule has 4 N–H and O–H groups in total. The van der Waals surface area contributed by atoms with Crippen LogP contribution < -0.4 is 36.1 Å². The van der Waals surface area contributed by atoms with Gasteiger partial charge in [-0.15, -0.1) is 0 Å². The first kappa shape index (κ1) is 68.6. The maximum absolute atomic E-state index is 14.3. The number of H-pyrrole nitrogens is 4. The number of hydrogen-bond donors (Lipinski definition) is 4. The van der Waals surface area contributed by atoms with Crippen LogP contribution in [0.3, 0.4) is 0 Å². The largest absolute Gasteiger partial charge is 0.497 e. The van der Waals surface area contributed by atoms with E-state index in [0.717, 1.165) is 55.8 Å². The predicted octanol–water partition coefficient (Wildman–Crippen LogP) is 14.1. The zero-order valence-electron chi connectivity index (χ0n) is 50.0. The molecule has 0 bridgehead atoms. The molecule has 2 atom stereocenters. The van der Waals surface area contributed by atoms with Crippen molar-refractivity contribution in [2.75, 3.05) is 24.0 Å². The molecular formula is C69H64BCl5N8O8Pd. The molecule has 2 amide bonds. The fourth-order valence-electron chi connectivity index (χ4n) is 10.7. The van der Waals surface area contributed by atoms with E-state index in [4.69, 9.17) is 81.8 Å². The molecule has 3 aliphatic rings. The molecule has 10 aromatic rings. The third-order valence-electron chi connectivity index (χ3n) is 16.2. The number of benzene rings is 8. The van der Waals surface area contributed by atoms with Gasteiger partial charge in [0.1, 0.15) is 28.8 Å². The summed E-state index contributed by atoms with van der Waals surface area (Å²) in [6.45, 7) is 8.75. The van der Waals surface area contributed by atoms with Gasteiger partial charge >= 0.3 is 18.5 Å². The number of rotatable bonds is 12. The number of amides is 2. The summed E-state index contributed by atoms with van der Waals surface area (Å²) < 4.78 is 22.5. The van der Waals surface area contributed by atoms with Crippen molar-refractivity contribution in [3.8, 4) is 11.5 Å². The summed E-state index contributed by atoms with van der Waals surface area (Å²) in [5.41, 5.74) is 10.1. The van der Waals surface area contributed by atoms with Gasteiger partial charge in [-0.2, -0.15) is 0 Å². The molecule has 0 saturated carbocycles. The van der Waals surface area contributed by atoms with Crippen molar-refractivity contribution < 1.29 is 48.8 Å². The number of halogens is 5. The van der Waals surface area contributed by atoms with E-state index >= 15 is 0 Å². The van der Waals surface area contributed by atoms with E-state index in [1.165, 1.54) is 0 Å². The quantitative estimate of drug-likeness (QED) is 0.0866. The minimum atomic E-state index is -0.764. The van der Waals surface area contributed by atoms with Gasteiger partial charge in [0.25, 0.3) is 11.8 Å². The molecular weight excluding hydrogens is 1360 g/mol. The van der Waals surface area contributed by atoms with Gasteiger partial charge in [-0.25, -0.2) is 9.59 Å². The van der Waals surface area contributed by atoms with Gasteiger partial charge in [0, 0.05) is 70.0 Å². The molecule has 2 unspecified atom stereocenters. The number of aromatic amines is 4. The van der Waals surface area contributed by atoms with Crippen LogP contribution in [-0.4, -0.2) is 87.3 Å². The SMILES string of the molecule is C.CC1(C)OB(c2ccc3[nH]c(=O)[nH]c3c2)OC1(C)C.COc1ccc(CN2C(=O)C(Cc3ccccc3Cl)N=C(Cl)c3cc(Cl)ccc32)cc1.COc1ccc(CN2C(=O)C(Cc3ccccc3Cl)N=C(c3ccc4[nH]c(=O)[nH]c4c3)c3cc(Cl)ccc32)cc1.[Pd]. The molecule has 0 spiro atoms. The standard InChI is InChI=1S/C31H24Cl2N4O3.C24H19Cl3N2O2.C13H17BN2O3.CH4.Pd/c1-40-22-10-6-18(7-11-22)17-37-28-13-9-21(32)16-23(28)29(20-8-12-25-26(15-20)36-31(39)35-25)34-27(30(37)38)14-19-4-2-3-5-24(19)33;1-31-18-9-6-15(7-10-18)14-29-22-11-8-17(25)13-19(22)23(27)28-21(24(29)30)12-16-4-2-3-5-20(16)26;1-12(2)13(3,4)19-14(18-12)8-5-6-9-10(7-8)16-11(17)15-9;;/h2-13,15-16,27H,14,17H2,1H3,(H2,35,36,39);2-11,13,21H,12,14H2,1H3;5-7H,1-4H3,(H2,15,16,17);1H4;. The van der Waals surface area contributed by atoms with Crippen molar-refractivity contribution in [2.45, 2.75) is 84.3 Å². The number of imidazole rings is 2. The summed E-state index contributed by atoms with van der Waals surface area (Å²) in [5.74, 6) is 1.17. The maximum atomic E-state index is 14.3. The third kappa shape index (κ3) is 15.2. The second-order valence-electron chi connectivity index (χ2n) is 22.7. The van der Waals surface area contributed by atoms with E-state index < -0.39 is 19.2 Å². The number of hydrogen-bond acceptors (Lipinski definition) is 10. The van der Waals surface area contributed by atoms with E-state index in [1.807, 2.05) is 167 Å². The Labute approximate surface area is 571 Å². The molecule has 476 valence electrons. The number of methoxy groups -OCH3 is 2. The molecule has 92 heavy (non-hydrogen) atoms. The van der Waals surface area contributed by atoms with Gasteiger partial charge < -0.3 is 48.5 Å². The monoisotopic (exact) mass is 1420 g/mol. The summed E-state index contributed by atoms with van der Waals surface area (Å²) in [6, 6.07) is 50.6. The van der Waals surface area contributed by atoms with Crippen molar-refractivity contribution in [3.05, 3.63) is 250 Å². The number of ether oxygens (including phenoxy) is 2. The van der Waals surface area contributed by atoms with Gasteiger partial charge in [0.2, 0.25) is 0 Å². The summed E-state index contributed by atoms with van der Waals surface area (Å²) in [5, 5.41) is 2.45. The fourth-order valence-corrected chi connectivity index (χ4v) is 11.8. The molecule has 1 fully saturated rings. The maximum Gasteiger partial charge on any atom is 0.494 e. The van der Waals surface area contributed by atoms with Crippen LogP contribution in [0.2, 0.25) is 20.1 Å². The van der Waals surface area contributed by atoms with E-state index in [9.17, 15) is 19.2 Å². The molecule has 1 saturated heterocycles. The van der Waals surface area contributed by atoms with Crippen LogP contribution in [0.15, 0.2) is 189 Å². The fraction of sp³-hybridized carbons (Fsp3) is 0.217. The predicted molar refractivity (Wildman–Crippen MR) is 367 cm³/mol. The molecule has 23 heteroatoms. The van der Waals surface area contributed by atoms with E-state index in [0.29, 0.717) is 85.3 Å². The number of carbonyl (C=O) groups is 2. The number of nitrogens with zero attached hydrogens (tertiary/aromatic N) is 4. The average Bonchev–Trinajstić information content (AvgIpc) is 1.61. The Morgan fingerprint density at radius 3 is 1.43 bits per heavy atom. The molecule has 16 nitrogen and oxygen atoms in total. The van der Waals surface area contributed by atoms with Crippen molar-refractivity contribution in [2.24, 2.45) is 9.98 Å². The van der Waals surface area contributed by atoms with Gasteiger partial charge in [-0.05, 0) is 152 Å². The molecule has 3 aliphatic heterocycles. The summed E-state index contributed by atoms with van der Waals surface area (Å²) in [6.07, 6.45) is 0.654. The number of aliphatic imine (C=N–C) groups is 2. The first-order valence-electron chi connectivity index (χ1n) is 28.7. The van der Waals surface area contributed by atoms with Crippen LogP contribution in [0.25, 0.3) is 22.1 Å². The number of nitrogens with one attached hydrogen (secondary N) is 4.